The molecule has 9 heteroatoms. The summed E-state index contributed by atoms with van der Waals surface area (Å²) < 4.78 is 39.2. The molecule has 0 atom stereocenters. The lowest BCUT2D eigenvalue weighted by Crippen LogP contribution is -2.31. The number of halogens is 3. The van der Waals surface area contributed by atoms with Crippen molar-refractivity contribution in [2.45, 2.75) is 6.18 Å². The molecule has 132 valence electrons. The summed E-state index contributed by atoms with van der Waals surface area (Å²) >= 11 is 1.26. The van der Waals surface area contributed by atoms with Gasteiger partial charge in [0.2, 0.25) is 0 Å². The molecule has 0 unspecified atom stereocenters. The van der Waals surface area contributed by atoms with Crippen molar-refractivity contribution in [3.63, 3.8) is 0 Å². The molecular weight excluding hydrogens is 367 g/mol. The number of hydrogen-bond acceptors (Lipinski definition) is 4. The standard InChI is InChI=1S/C17H10F3N3O2S/c18-17(19,20)12-5-1-3-11(9-12)4-2-6-21-14(24)13-10-22-16-23(15(13)25)7-8-26-16/h1,3,5,7-10H,6H2,(H,21,24). The Morgan fingerprint density at radius 2 is 2.15 bits per heavy atom. The van der Waals surface area contributed by atoms with Gasteiger partial charge in [0.25, 0.3) is 11.5 Å². The van der Waals surface area contributed by atoms with E-state index in [1.807, 2.05) is 0 Å². The number of nitrogens with one attached hydrogen (secondary N) is 1. The molecule has 1 aromatic carbocycles. The maximum Gasteiger partial charge on any atom is 0.416 e. The van der Waals surface area contributed by atoms with Gasteiger partial charge < -0.3 is 5.32 Å². The fraction of sp³-hybridized carbons (Fsp3) is 0.118. The molecular formula is C17H10F3N3O2S. The number of benzene rings is 1. The maximum absolute atomic E-state index is 12.6. The number of alkyl halides is 3. The summed E-state index contributed by atoms with van der Waals surface area (Å²) in [5, 5.41) is 4.10. The number of carbonyl (C=O) groups is 1. The molecule has 3 aromatic rings. The predicted molar refractivity (Wildman–Crippen MR) is 90.0 cm³/mol. The molecule has 0 fully saturated rings. The van der Waals surface area contributed by atoms with Crippen molar-refractivity contribution in [3.8, 4) is 11.8 Å². The van der Waals surface area contributed by atoms with Crippen LogP contribution in [0.4, 0.5) is 13.2 Å². The smallest absolute Gasteiger partial charge is 0.341 e. The van der Waals surface area contributed by atoms with E-state index in [4.69, 9.17) is 0 Å². The van der Waals surface area contributed by atoms with E-state index in [1.54, 1.807) is 5.38 Å². The monoisotopic (exact) mass is 377 g/mol. The van der Waals surface area contributed by atoms with Gasteiger partial charge in [-0.3, -0.25) is 14.0 Å². The van der Waals surface area contributed by atoms with Gasteiger partial charge in [0.05, 0.1) is 12.1 Å². The number of rotatable bonds is 2. The average Bonchev–Trinajstić information content (AvgIpc) is 3.08. The first-order chi connectivity index (χ1) is 12.4. The number of hydrogen-bond donors (Lipinski definition) is 1. The predicted octanol–water partition coefficient (Wildman–Crippen LogP) is 2.56. The van der Waals surface area contributed by atoms with Gasteiger partial charge in [-0.05, 0) is 18.2 Å². The second-order valence-corrected chi connectivity index (χ2v) is 5.97. The van der Waals surface area contributed by atoms with Crippen LogP contribution in [0.25, 0.3) is 4.96 Å². The Morgan fingerprint density at radius 3 is 2.92 bits per heavy atom. The molecule has 0 aliphatic rings. The normalized spacial score (nSPS) is 11.0. The Labute approximate surface area is 149 Å². The van der Waals surface area contributed by atoms with E-state index in [9.17, 15) is 22.8 Å². The molecule has 1 N–H and O–H groups in total. The fourth-order valence-corrected chi connectivity index (χ4v) is 2.79. The van der Waals surface area contributed by atoms with Crippen LogP contribution in [0.1, 0.15) is 21.5 Å². The minimum atomic E-state index is -4.44. The maximum atomic E-state index is 12.6. The summed E-state index contributed by atoms with van der Waals surface area (Å²) in [5.41, 5.74) is -1.26. The summed E-state index contributed by atoms with van der Waals surface area (Å²) in [6.07, 6.45) is -1.75. The van der Waals surface area contributed by atoms with Crippen LogP contribution in [0, 0.1) is 11.8 Å². The van der Waals surface area contributed by atoms with Crippen LogP contribution in [0.15, 0.2) is 46.8 Å². The van der Waals surface area contributed by atoms with Crippen LogP contribution >= 0.6 is 11.3 Å². The molecule has 0 saturated carbocycles. The third kappa shape index (κ3) is 3.75. The van der Waals surface area contributed by atoms with Crippen LogP contribution in [0.2, 0.25) is 0 Å². The van der Waals surface area contributed by atoms with Crippen molar-refractivity contribution < 1.29 is 18.0 Å². The van der Waals surface area contributed by atoms with Gasteiger partial charge in [-0.25, -0.2) is 4.98 Å². The molecule has 0 spiro atoms. The van der Waals surface area contributed by atoms with Crippen LogP contribution in [0.5, 0.6) is 0 Å². The van der Waals surface area contributed by atoms with E-state index in [0.29, 0.717) is 4.96 Å². The highest BCUT2D eigenvalue weighted by molar-refractivity contribution is 7.15. The van der Waals surface area contributed by atoms with Gasteiger partial charge in [-0.2, -0.15) is 13.2 Å². The number of nitrogens with zero attached hydrogens (tertiary/aromatic N) is 2. The largest absolute Gasteiger partial charge is 0.416 e. The summed E-state index contributed by atoms with van der Waals surface area (Å²) in [4.78, 5) is 28.7. The molecule has 5 nitrogen and oxygen atoms in total. The average molecular weight is 377 g/mol. The van der Waals surface area contributed by atoms with Crippen molar-refractivity contribution in [1.82, 2.24) is 14.7 Å². The van der Waals surface area contributed by atoms with Crippen molar-refractivity contribution >= 4 is 22.2 Å². The minimum absolute atomic E-state index is 0.124. The van der Waals surface area contributed by atoms with Gasteiger partial charge in [0.1, 0.15) is 5.56 Å². The van der Waals surface area contributed by atoms with Crippen molar-refractivity contribution in [2.75, 3.05) is 6.54 Å². The lowest BCUT2D eigenvalue weighted by atomic mass is 10.1. The molecule has 0 radical (unpaired) electrons. The molecule has 3 rings (SSSR count). The molecule has 1 amide bonds. The number of thiazole rings is 1. The topological polar surface area (TPSA) is 63.5 Å². The first-order valence-electron chi connectivity index (χ1n) is 7.25. The third-order valence-electron chi connectivity index (χ3n) is 3.35. The van der Waals surface area contributed by atoms with Gasteiger partial charge >= 0.3 is 6.18 Å². The van der Waals surface area contributed by atoms with Crippen molar-refractivity contribution in [1.29, 1.82) is 0 Å². The van der Waals surface area contributed by atoms with Crippen molar-refractivity contribution in [2.24, 2.45) is 0 Å². The minimum Gasteiger partial charge on any atom is -0.341 e. The zero-order valence-electron chi connectivity index (χ0n) is 13.0. The van der Waals surface area contributed by atoms with Gasteiger partial charge in [0, 0.05) is 23.3 Å². The fourth-order valence-electron chi connectivity index (χ4n) is 2.12. The third-order valence-corrected chi connectivity index (χ3v) is 4.12. The highest BCUT2D eigenvalue weighted by atomic mass is 32.1. The Balaban J connectivity index is 1.69. The summed E-state index contributed by atoms with van der Waals surface area (Å²) in [6, 6.07) is 4.57. The Kier molecular flexibility index (Phi) is 4.77. The molecule has 2 heterocycles. The van der Waals surface area contributed by atoms with E-state index in [1.165, 1.54) is 40.3 Å². The zero-order valence-corrected chi connectivity index (χ0v) is 13.8. The van der Waals surface area contributed by atoms with E-state index in [-0.39, 0.29) is 17.7 Å². The van der Waals surface area contributed by atoms with E-state index >= 15 is 0 Å². The number of aromatic nitrogens is 2. The molecule has 0 saturated heterocycles. The first-order valence-corrected chi connectivity index (χ1v) is 8.13. The lowest BCUT2D eigenvalue weighted by Gasteiger charge is -2.05. The van der Waals surface area contributed by atoms with Gasteiger partial charge in [-0.15, -0.1) is 11.3 Å². The van der Waals surface area contributed by atoms with Crippen LogP contribution in [-0.2, 0) is 6.18 Å². The highest BCUT2D eigenvalue weighted by Gasteiger charge is 2.30. The van der Waals surface area contributed by atoms with Crippen LogP contribution in [0.3, 0.4) is 0 Å². The van der Waals surface area contributed by atoms with Crippen molar-refractivity contribution in [3.05, 3.63) is 69.1 Å². The van der Waals surface area contributed by atoms with Gasteiger partial charge in [-0.1, -0.05) is 17.9 Å². The second kappa shape index (κ2) is 7.01. The molecule has 0 bridgehead atoms. The quantitative estimate of drug-likeness (QED) is 0.698. The van der Waals surface area contributed by atoms with E-state index in [2.05, 4.69) is 22.1 Å². The summed E-state index contributed by atoms with van der Waals surface area (Å²) in [5.74, 6) is 4.45. The van der Waals surface area contributed by atoms with E-state index in [0.717, 1.165) is 12.1 Å². The second-order valence-electron chi connectivity index (χ2n) is 5.10. The lowest BCUT2D eigenvalue weighted by molar-refractivity contribution is -0.137. The molecule has 26 heavy (non-hydrogen) atoms. The Hall–Kier alpha value is -3.12. The van der Waals surface area contributed by atoms with Crippen LogP contribution < -0.4 is 10.9 Å². The number of carbonyl (C=O) groups excluding carboxylic acids is 1. The molecule has 2 aromatic heterocycles. The Morgan fingerprint density at radius 1 is 1.35 bits per heavy atom. The number of fused-ring (bicyclic) bond motifs is 1. The number of amides is 1. The summed E-state index contributed by atoms with van der Waals surface area (Å²) in [6.45, 7) is -0.124. The van der Waals surface area contributed by atoms with E-state index < -0.39 is 23.2 Å². The Bertz CT molecular complexity index is 1090. The highest BCUT2D eigenvalue weighted by Crippen LogP contribution is 2.29. The first kappa shape index (κ1) is 17.7. The SMILES string of the molecule is O=C(NCC#Cc1cccc(C(F)(F)F)c1)c1cnc2sccn2c1=O. The molecule has 0 aliphatic carbocycles. The molecule has 0 aliphatic heterocycles. The zero-order chi connectivity index (χ0) is 18.7. The van der Waals surface area contributed by atoms with Crippen LogP contribution in [-0.4, -0.2) is 21.8 Å². The van der Waals surface area contributed by atoms with Gasteiger partial charge in [0.15, 0.2) is 4.96 Å². The summed E-state index contributed by atoms with van der Waals surface area (Å²) in [7, 11) is 0.